The molecule has 1 aromatic carbocycles. The molecule has 2 N–H and O–H groups in total. The summed E-state index contributed by atoms with van der Waals surface area (Å²) in [4.78, 5) is 4.21. The quantitative estimate of drug-likeness (QED) is 0.884. The first-order valence-corrected chi connectivity index (χ1v) is 7.09. The van der Waals surface area contributed by atoms with Crippen LogP contribution in [0.3, 0.4) is 0 Å². The van der Waals surface area contributed by atoms with Crippen LogP contribution in [-0.2, 0) is 6.42 Å². The average molecular weight is 260 g/mol. The molecule has 94 valence electrons. The Morgan fingerprint density at radius 3 is 3.11 bits per heavy atom. The standard InChI is InChI=1S/C13H16N4S/c1-2-14-12-10-6-4-3-5-9(10)7-11(12)18-13-15-8-16-17-13/h3-6,8,11-12,14H,2,7H2,1H3,(H,15,16,17). The largest absolute Gasteiger partial charge is 0.309 e. The van der Waals surface area contributed by atoms with E-state index >= 15 is 0 Å². The van der Waals surface area contributed by atoms with Crippen LogP contribution in [0.25, 0.3) is 0 Å². The summed E-state index contributed by atoms with van der Waals surface area (Å²) < 4.78 is 0. The molecule has 1 aromatic heterocycles. The molecule has 5 heteroatoms. The molecule has 0 saturated carbocycles. The van der Waals surface area contributed by atoms with Crippen molar-refractivity contribution in [3.05, 3.63) is 41.7 Å². The topological polar surface area (TPSA) is 53.6 Å². The molecule has 0 bridgehead atoms. The Morgan fingerprint density at radius 2 is 2.33 bits per heavy atom. The van der Waals surface area contributed by atoms with Gasteiger partial charge >= 0.3 is 0 Å². The first-order chi connectivity index (χ1) is 8.88. The Morgan fingerprint density at radius 1 is 1.44 bits per heavy atom. The van der Waals surface area contributed by atoms with E-state index in [1.54, 1.807) is 18.1 Å². The monoisotopic (exact) mass is 260 g/mol. The van der Waals surface area contributed by atoms with Crippen molar-refractivity contribution in [1.29, 1.82) is 0 Å². The van der Waals surface area contributed by atoms with Crippen LogP contribution in [-0.4, -0.2) is 27.0 Å². The molecule has 3 rings (SSSR count). The summed E-state index contributed by atoms with van der Waals surface area (Å²) in [6, 6.07) is 9.08. The van der Waals surface area contributed by atoms with Crippen molar-refractivity contribution in [3.8, 4) is 0 Å². The van der Waals surface area contributed by atoms with Crippen molar-refractivity contribution in [2.45, 2.75) is 29.8 Å². The lowest BCUT2D eigenvalue weighted by Crippen LogP contribution is -2.26. The van der Waals surface area contributed by atoms with Gasteiger partial charge in [-0.3, -0.25) is 5.10 Å². The van der Waals surface area contributed by atoms with Crippen LogP contribution in [0.2, 0.25) is 0 Å². The minimum absolute atomic E-state index is 0.404. The van der Waals surface area contributed by atoms with Gasteiger partial charge in [0.2, 0.25) is 0 Å². The van der Waals surface area contributed by atoms with Crippen LogP contribution in [0.15, 0.2) is 35.7 Å². The van der Waals surface area contributed by atoms with Gasteiger partial charge in [0, 0.05) is 11.3 Å². The van der Waals surface area contributed by atoms with E-state index < -0.39 is 0 Å². The van der Waals surface area contributed by atoms with E-state index in [-0.39, 0.29) is 0 Å². The summed E-state index contributed by atoms with van der Waals surface area (Å²) in [6.45, 7) is 3.13. The van der Waals surface area contributed by atoms with E-state index in [9.17, 15) is 0 Å². The minimum Gasteiger partial charge on any atom is -0.309 e. The number of nitrogens with one attached hydrogen (secondary N) is 2. The van der Waals surface area contributed by atoms with Gasteiger partial charge in [-0.15, -0.1) is 0 Å². The zero-order valence-corrected chi connectivity index (χ0v) is 11.1. The molecule has 2 unspecified atom stereocenters. The van der Waals surface area contributed by atoms with Crippen molar-refractivity contribution in [2.24, 2.45) is 0 Å². The molecule has 0 radical (unpaired) electrons. The van der Waals surface area contributed by atoms with Crippen molar-refractivity contribution < 1.29 is 0 Å². The number of H-pyrrole nitrogens is 1. The molecule has 2 aromatic rings. The molecule has 0 fully saturated rings. The lowest BCUT2D eigenvalue weighted by atomic mass is 10.1. The summed E-state index contributed by atoms with van der Waals surface area (Å²) in [5, 5.41) is 11.8. The Bertz CT molecular complexity index is 509. The number of hydrogen-bond acceptors (Lipinski definition) is 4. The number of thioether (sulfide) groups is 1. The fraction of sp³-hybridized carbons (Fsp3) is 0.385. The van der Waals surface area contributed by atoms with Gasteiger partial charge < -0.3 is 5.32 Å². The first-order valence-electron chi connectivity index (χ1n) is 6.21. The summed E-state index contributed by atoms with van der Waals surface area (Å²) in [6.07, 6.45) is 2.64. The highest BCUT2D eigenvalue weighted by Crippen LogP contribution is 2.40. The van der Waals surface area contributed by atoms with Gasteiger partial charge in [0.05, 0.1) is 0 Å². The third-order valence-electron chi connectivity index (χ3n) is 3.26. The van der Waals surface area contributed by atoms with Crippen LogP contribution in [0.1, 0.15) is 24.1 Å². The Balaban J connectivity index is 1.83. The number of aromatic nitrogens is 3. The van der Waals surface area contributed by atoms with Gasteiger partial charge in [-0.25, -0.2) is 4.98 Å². The van der Waals surface area contributed by atoms with E-state index in [0.29, 0.717) is 11.3 Å². The molecule has 0 amide bonds. The normalized spacial score (nSPS) is 22.1. The second-order valence-corrected chi connectivity index (χ2v) is 5.61. The van der Waals surface area contributed by atoms with E-state index in [1.165, 1.54) is 11.1 Å². The highest BCUT2D eigenvalue weighted by Gasteiger charge is 2.32. The molecular weight excluding hydrogens is 244 g/mol. The highest BCUT2D eigenvalue weighted by molar-refractivity contribution is 7.99. The van der Waals surface area contributed by atoms with Gasteiger partial charge in [-0.05, 0) is 24.1 Å². The van der Waals surface area contributed by atoms with Crippen LogP contribution in [0.5, 0.6) is 0 Å². The third kappa shape index (κ3) is 2.15. The molecule has 4 nitrogen and oxygen atoms in total. The molecule has 1 aliphatic rings. The third-order valence-corrected chi connectivity index (χ3v) is 4.42. The number of fused-ring (bicyclic) bond motifs is 1. The van der Waals surface area contributed by atoms with Gasteiger partial charge in [0.25, 0.3) is 0 Å². The summed E-state index contributed by atoms with van der Waals surface area (Å²) >= 11 is 1.77. The molecule has 0 spiro atoms. The van der Waals surface area contributed by atoms with E-state index in [0.717, 1.165) is 18.1 Å². The fourth-order valence-corrected chi connectivity index (χ4v) is 3.67. The molecule has 0 saturated heterocycles. The number of hydrogen-bond donors (Lipinski definition) is 2. The number of nitrogens with zero attached hydrogens (tertiary/aromatic N) is 2. The van der Waals surface area contributed by atoms with Gasteiger partial charge in [-0.2, -0.15) is 5.10 Å². The predicted molar refractivity (Wildman–Crippen MR) is 72.6 cm³/mol. The zero-order valence-electron chi connectivity index (χ0n) is 10.3. The van der Waals surface area contributed by atoms with Crippen LogP contribution < -0.4 is 5.32 Å². The van der Waals surface area contributed by atoms with E-state index in [2.05, 4.69) is 51.7 Å². The molecule has 0 aliphatic heterocycles. The number of benzene rings is 1. The van der Waals surface area contributed by atoms with Crippen LogP contribution in [0, 0.1) is 0 Å². The number of rotatable bonds is 4. The van der Waals surface area contributed by atoms with Gasteiger partial charge in [-0.1, -0.05) is 43.0 Å². The second-order valence-electron chi connectivity index (χ2n) is 4.39. The Labute approximate surface area is 111 Å². The van der Waals surface area contributed by atoms with Crippen molar-refractivity contribution in [1.82, 2.24) is 20.5 Å². The molecule has 2 atom stereocenters. The van der Waals surface area contributed by atoms with E-state index in [4.69, 9.17) is 0 Å². The fourth-order valence-electron chi connectivity index (χ4n) is 2.52. The predicted octanol–water partition coefficient (Wildman–Crippen LogP) is 2.17. The van der Waals surface area contributed by atoms with Crippen LogP contribution in [0.4, 0.5) is 0 Å². The smallest absolute Gasteiger partial charge is 0.183 e. The first kappa shape index (κ1) is 11.7. The van der Waals surface area contributed by atoms with Gasteiger partial charge in [0.1, 0.15) is 6.33 Å². The Kier molecular flexibility index (Phi) is 3.34. The average Bonchev–Trinajstić information content (AvgIpc) is 3.00. The lowest BCUT2D eigenvalue weighted by molar-refractivity contribution is 0.559. The maximum absolute atomic E-state index is 4.21. The summed E-state index contributed by atoms with van der Waals surface area (Å²) in [5.41, 5.74) is 2.87. The molecular formula is C13H16N4S. The highest BCUT2D eigenvalue weighted by atomic mass is 32.2. The molecule has 1 heterocycles. The summed E-state index contributed by atoms with van der Waals surface area (Å²) in [5.74, 6) is 0. The number of aromatic amines is 1. The van der Waals surface area contributed by atoms with Gasteiger partial charge in [0.15, 0.2) is 5.16 Å². The SMILES string of the molecule is CCNC1c2ccccc2CC1Sc1ncn[nH]1. The maximum Gasteiger partial charge on any atom is 0.183 e. The minimum atomic E-state index is 0.404. The maximum atomic E-state index is 4.21. The van der Waals surface area contributed by atoms with E-state index in [1.807, 2.05) is 0 Å². The summed E-state index contributed by atoms with van der Waals surface area (Å²) in [7, 11) is 0. The lowest BCUT2D eigenvalue weighted by Gasteiger charge is -2.19. The zero-order chi connectivity index (χ0) is 12.4. The van der Waals surface area contributed by atoms with Crippen LogP contribution >= 0.6 is 11.8 Å². The second kappa shape index (κ2) is 5.12. The van der Waals surface area contributed by atoms with Crippen molar-refractivity contribution >= 4 is 11.8 Å². The molecule has 1 aliphatic carbocycles. The van der Waals surface area contributed by atoms with Crippen molar-refractivity contribution in [3.63, 3.8) is 0 Å². The molecule has 18 heavy (non-hydrogen) atoms. The van der Waals surface area contributed by atoms with Crippen molar-refractivity contribution in [2.75, 3.05) is 6.54 Å². The Hall–Kier alpha value is -1.33.